The van der Waals surface area contributed by atoms with Crippen LogP contribution in [0, 0.1) is 6.92 Å². The molecule has 1 rings (SSSR count). The Labute approximate surface area is 97.9 Å². The van der Waals surface area contributed by atoms with E-state index in [-0.39, 0.29) is 6.04 Å². The molecule has 0 fully saturated rings. The van der Waals surface area contributed by atoms with E-state index in [0.29, 0.717) is 0 Å². The highest BCUT2D eigenvalue weighted by atomic mass is 32.2. The Morgan fingerprint density at radius 2 is 1.81 bits per heavy atom. The normalized spacial score (nSPS) is 14.1. The van der Waals surface area contributed by atoms with E-state index < -0.39 is 15.3 Å². The first-order valence-corrected chi connectivity index (χ1v) is 6.95. The van der Waals surface area contributed by atoms with Gasteiger partial charge >= 0.3 is 0 Å². The smallest absolute Gasteiger partial charge is 0.212 e. The van der Waals surface area contributed by atoms with Crippen molar-refractivity contribution in [2.24, 2.45) is 0 Å². The summed E-state index contributed by atoms with van der Waals surface area (Å²) in [4.78, 5) is 0. The van der Waals surface area contributed by atoms with E-state index in [0.717, 1.165) is 11.1 Å². The molecule has 1 atom stereocenters. The zero-order chi connectivity index (χ0) is 12.3. The molecule has 0 unspecified atom stereocenters. The predicted molar refractivity (Wildman–Crippen MR) is 66.8 cm³/mol. The molecule has 0 aliphatic carbocycles. The number of benzene rings is 1. The van der Waals surface area contributed by atoms with Gasteiger partial charge in [-0.15, -0.1) is 0 Å². The van der Waals surface area contributed by atoms with E-state index in [2.05, 4.69) is 4.72 Å². The fourth-order valence-corrected chi connectivity index (χ4v) is 2.29. The molecule has 16 heavy (non-hydrogen) atoms. The molecular weight excluding hydrogens is 222 g/mol. The van der Waals surface area contributed by atoms with Gasteiger partial charge in [0.15, 0.2) is 0 Å². The van der Waals surface area contributed by atoms with Crippen LogP contribution in [0.4, 0.5) is 0 Å². The fourth-order valence-electron chi connectivity index (χ4n) is 1.39. The highest BCUT2D eigenvalue weighted by molar-refractivity contribution is 7.90. The summed E-state index contributed by atoms with van der Waals surface area (Å²) in [5.41, 5.74) is 2.12. The van der Waals surface area contributed by atoms with Gasteiger partial charge in [-0.3, -0.25) is 0 Å². The fraction of sp³-hybridized carbons (Fsp3) is 0.500. The molecule has 0 amide bonds. The lowest BCUT2D eigenvalue weighted by molar-refractivity contribution is 0.558. The summed E-state index contributed by atoms with van der Waals surface area (Å²) in [5, 5.41) is -0.403. The number of sulfonamides is 1. The predicted octanol–water partition coefficient (Wildman–Crippen LogP) is 2.38. The number of aryl methyl sites for hydroxylation is 1. The van der Waals surface area contributed by atoms with Gasteiger partial charge in [0.2, 0.25) is 10.0 Å². The van der Waals surface area contributed by atoms with Crippen LogP contribution >= 0.6 is 0 Å². The zero-order valence-electron chi connectivity index (χ0n) is 10.2. The molecular formula is C12H19NO2S. The van der Waals surface area contributed by atoms with Crippen LogP contribution in [-0.4, -0.2) is 13.7 Å². The van der Waals surface area contributed by atoms with E-state index in [1.807, 2.05) is 38.1 Å². The summed E-state index contributed by atoms with van der Waals surface area (Å²) in [7, 11) is -3.21. The largest absolute Gasteiger partial charge is 0.214 e. The summed E-state index contributed by atoms with van der Waals surface area (Å²) < 4.78 is 26.0. The van der Waals surface area contributed by atoms with Crippen molar-refractivity contribution in [1.82, 2.24) is 4.72 Å². The van der Waals surface area contributed by atoms with Gasteiger partial charge in [-0.2, -0.15) is 0 Å². The lowest BCUT2D eigenvalue weighted by Crippen LogP contribution is -2.32. The lowest BCUT2D eigenvalue weighted by atomic mass is 10.1. The molecule has 0 spiro atoms. The van der Waals surface area contributed by atoms with Crippen molar-refractivity contribution >= 4 is 10.0 Å². The molecule has 1 aromatic rings. The van der Waals surface area contributed by atoms with Gasteiger partial charge in [0, 0.05) is 6.04 Å². The summed E-state index contributed by atoms with van der Waals surface area (Å²) >= 11 is 0. The third kappa shape index (κ3) is 3.32. The Kier molecular flexibility index (Phi) is 4.10. The topological polar surface area (TPSA) is 46.2 Å². The van der Waals surface area contributed by atoms with Gasteiger partial charge in [0.1, 0.15) is 0 Å². The lowest BCUT2D eigenvalue weighted by Gasteiger charge is -2.16. The van der Waals surface area contributed by atoms with Gasteiger partial charge in [-0.1, -0.05) is 29.8 Å². The van der Waals surface area contributed by atoms with Crippen LogP contribution in [0.3, 0.4) is 0 Å². The van der Waals surface area contributed by atoms with Crippen molar-refractivity contribution in [3.63, 3.8) is 0 Å². The van der Waals surface area contributed by atoms with Gasteiger partial charge in [0.05, 0.1) is 5.25 Å². The second kappa shape index (κ2) is 4.97. The first-order valence-electron chi connectivity index (χ1n) is 5.40. The third-order valence-corrected chi connectivity index (χ3v) is 4.43. The molecule has 90 valence electrons. The quantitative estimate of drug-likeness (QED) is 0.879. The minimum absolute atomic E-state index is 0.188. The van der Waals surface area contributed by atoms with Gasteiger partial charge in [0.25, 0.3) is 0 Å². The van der Waals surface area contributed by atoms with Crippen molar-refractivity contribution < 1.29 is 8.42 Å². The average Bonchev–Trinajstić information content (AvgIpc) is 2.16. The maximum Gasteiger partial charge on any atom is 0.214 e. The molecule has 4 heteroatoms. The molecule has 0 bridgehead atoms. The van der Waals surface area contributed by atoms with Crippen molar-refractivity contribution in [2.75, 3.05) is 0 Å². The Hall–Kier alpha value is -0.870. The highest BCUT2D eigenvalue weighted by Crippen LogP contribution is 2.15. The van der Waals surface area contributed by atoms with Crippen LogP contribution in [0.15, 0.2) is 24.3 Å². The van der Waals surface area contributed by atoms with Crippen molar-refractivity contribution in [1.29, 1.82) is 0 Å². The van der Waals surface area contributed by atoms with Crippen molar-refractivity contribution in [2.45, 2.75) is 39.0 Å². The van der Waals surface area contributed by atoms with Crippen LogP contribution in [0.1, 0.15) is 37.9 Å². The molecule has 0 radical (unpaired) electrons. The second-order valence-corrected chi connectivity index (χ2v) is 6.62. The van der Waals surface area contributed by atoms with Crippen LogP contribution in [0.25, 0.3) is 0 Å². The zero-order valence-corrected chi connectivity index (χ0v) is 11.0. The van der Waals surface area contributed by atoms with Gasteiger partial charge in [-0.25, -0.2) is 13.1 Å². The van der Waals surface area contributed by atoms with E-state index >= 15 is 0 Å². The summed E-state index contributed by atoms with van der Waals surface area (Å²) in [5.74, 6) is 0. The summed E-state index contributed by atoms with van der Waals surface area (Å²) in [6.07, 6.45) is 0. The van der Waals surface area contributed by atoms with Crippen LogP contribution in [0.5, 0.6) is 0 Å². The van der Waals surface area contributed by atoms with E-state index in [4.69, 9.17) is 0 Å². The molecule has 1 N–H and O–H groups in total. The Bertz CT molecular complexity index is 452. The van der Waals surface area contributed by atoms with Crippen molar-refractivity contribution in [3.05, 3.63) is 35.4 Å². The van der Waals surface area contributed by atoms with E-state index in [1.165, 1.54) is 0 Å². The molecule has 0 aromatic heterocycles. The molecule has 0 heterocycles. The number of nitrogens with one attached hydrogen (secondary N) is 1. The Balaban J connectivity index is 2.85. The maximum absolute atomic E-state index is 11.7. The molecule has 3 nitrogen and oxygen atoms in total. The summed E-state index contributed by atoms with van der Waals surface area (Å²) in [6, 6.07) is 7.67. The average molecular weight is 241 g/mol. The first-order chi connectivity index (χ1) is 7.33. The van der Waals surface area contributed by atoms with Gasteiger partial charge < -0.3 is 0 Å². The Morgan fingerprint density at radius 1 is 1.19 bits per heavy atom. The standard InChI is InChI=1S/C12H19NO2S/c1-9(2)16(14,15)13-11(4)12-7-5-6-10(3)8-12/h5-9,11,13H,1-4H3/t11-/m1/s1. The minimum Gasteiger partial charge on any atom is -0.212 e. The second-order valence-electron chi connectivity index (χ2n) is 4.35. The monoisotopic (exact) mass is 241 g/mol. The van der Waals surface area contributed by atoms with Gasteiger partial charge in [-0.05, 0) is 33.3 Å². The first kappa shape index (κ1) is 13.2. The molecule has 0 saturated carbocycles. The highest BCUT2D eigenvalue weighted by Gasteiger charge is 2.19. The van der Waals surface area contributed by atoms with Crippen molar-refractivity contribution in [3.8, 4) is 0 Å². The Morgan fingerprint density at radius 3 is 2.31 bits per heavy atom. The number of hydrogen-bond acceptors (Lipinski definition) is 2. The molecule has 0 saturated heterocycles. The third-order valence-electron chi connectivity index (χ3n) is 2.50. The van der Waals surface area contributed by atoms with Crippen LogP contribution in [-0.2, 0) is 10.0 Å². The van der Waals surface area contributed by atoms with Crippen LogP contribution < -0.4 is 4.72 Å². The minimum atomic E-state index is -3.21. The maximum atomic E-state index is 11.7. The molecule has 0 aliphatic rings. The number of hydrogen-bond donors (Lipinski definition) is 1. The molecule has 0 aliphatic heterocycles. The molecule has 1 aromatic carbocycles. The van der Waals surface area contributed by atoms with E-state index in [1.54, 1.807) is 13.8 Å². The van der Waals surface area contributed by atoms with Crippen LogP contribution in [0.2, 0.25) is 0 Å². The SMILES string of the molecule is Cc1cccc([C@@H](C)NS(=O)(=O)C(C)C)c1. The summed E-state index contributed by atoms with van der Waals surface area (Å²) in [6.45, 7) is 7.19. The number of rotatable bonds is 4. The van der Waals surface area contributed by atoms with E-state index in [9.17, 15) is 8.42 Å².